The molecule has 6 nitrogen and oxygen atoms in total. The van der Waals surface area contributed by atoms with Crippen LogP contribution in [0.15, 0.2) is 18.5 Å². The Balaban J connectivity index is 1.60. The van der Waals surface area contributed by atoms with Crippen LogP contribution in [0.25, 0.3) is 0 Å². The van der Waals surface area contributed by atoms with Gasteiger partial charge in [-0.1, -0.05) is 0 Å². The molecular formula is C13H18N4O2. The Hall–Kier alpha value is -1.69. The standard InChI is InChI=1S/C13H18N4O2/c1-19-9-12(18)16-5-10-7-17(8-11(10)6-16)13-14-3-2-4-15-13/h2-4,10-11H,5-9H2,1H3/t10-,11-/m0/s1. The van der Waals surface area contributed by atoms with Crippen molar-refractivity contribution < 1.29 is 9.53 Å². The summed E-state index contributed by atoms with van der Waals surface area (Å²) < 4.78 is 4.91. The highest BCUT2D eigenvalue weighted by atomic mass is 16.5. The van der Waals surface area contributed by atoms with Crippen LogP contribution in [0.1, 0.15) is 0 Å². The molecule has 6 heteroatoms. The number of ether oxygens (including phenoxy) is 1. The molecule has 0 spiro atoms. The highest BCUT2D eigenvalue weighted by molar-refractivity contribution is 5.77. The van der Waals surface area contributed by atoms with Crippen molar-refractivity contribution in [3.63, 3.8) is 0 Å². The van der Waals surface area contributed by atoms with Gasteiger partial charge in [-0.25, -0.2) is 9.97 Å². The van der Waals surface area contributed by atoms with Crippen LogP contribution in [0.5, 0.6) is 0 Å². The summed E-state index contributed by atoms with van der Waals surface area (Å²) in [5.41, 5.74) is 0. The van der Waals surface area contributed by atoms with Gasteiger partial charge >= 0.3 is 0 Å². The molecule has 0 saturated carbocycles. The molecule has 2 saturated heterocycles. The lowest BCUT2D eigenvalue weighted by Gasteiger charge is -2.21. The number of methoxy groups -OCH3 is 1. The molecule has 0 N–H and O–H groups in total. The summed E-state index contributed by atoms with van der Waals surface area (Å²) in [6.45, 7) is 3.72. The number of carbonyl (C=O) groups is 1. The number of anilines is 1. The van der Waals surface area contributed by atoms with E-state index in [-0.39, 0.29) is 12.5 Å². The van der Waals surface area contributed by atoms with Crippen LogP contribution in [0.3, 0.4) is 0 Å². The smallest absolute Gasteiger partial charge is 0.248 e. The minimum atomic E-state index is 0.0967. The van der Waals surface area contributed by atoms with Gasteiger partial charge in [0.1, 0.15) is 6.61 Å². The molecular weight excluding hydrogens is 244 g/mol. The Labute approximate surface area is 112 Å². The normalized spacial score (nSPS) is 25.7. The molecule has 19 heavy (non-hydrogen) atoms. The molecule has 1 aromatic heterocycles. The van der Waals surface area contributed by atoms with Gasteiger partial charge in [-0.05, 0) is 6.07 Å². The molecule has 0 radical (unpaired) electrons. The maximum atomic E-state index is 11.8. The first-order valence-corrected chi connectivity index (χ1v) is 6.56. The average molecular weight is 262 g/mol. The highest BCUT2D eigenvalue weighted by Gasteiger charge is 2.42. The van der Waals surface area contributed by atoms with Crippen LogP contribution in [-0.4, -0.2) is 60.7 Å². The van der Waals surface area contributed by atoms with E-state index in [2.05, 4.69) is 14.9 Å². The van der Waals surface area contributed by atoms with Crippen molar-refractivity contribution in [3.05, 3.63) is 18.5 Å². The largest absolute Gasteiger partial charge is 0.375 e. The van der Waals surface area contributed by atoms with Crippen LogP contribution < -0.4 is 4.90 Å². The molecule has 3 heterocycles. The van der Waals surface area contributed by atoms with Gasteiger partial charge in [0.15, 0.2) is 0 Å². The van der Waals surface area contributed by atoms with Crippen molar-refractivity contribution in [2.45, 2.75) is 0 Å². The van der Waals surface area contributed by atoms with E-state index >= 15 is 0 Å². The summed E-state index contributed by atoms with van der Waals surface area (Å²) in [4.78, 5) is 24.5. The lowest BCUT2D eigenvalue weighted by molar-refractivity contribution is -0.134. The van der Waals surface area contributed by atoms with Gasteiger partial charge in [0.05, 0.1) is 0 Å². The zero-order valence-corrected chi connectivity index (χ0v) is 11.0. The number of rotatable bonds is 3. The van der Waals surface area contributed by atoms with E-state index in [1.165, 1.54) is 0 Å². The van der Waals surface area contributed by atoms with Crippen molar-refractivity contribution in [2.24, 2.45) is 11.8 Å². The van der Waals surface area contributed by atoms with Crippen LogP contribution >= 0.6 is 0 Å². The minimum absolute atomic E-state index is 0.0967. The monoisotopic (exact) mass is 262 g/mol. The SMILES string of the molecule is COCC(=O)N1C[C@H]2CN(c3ncccn3)C[C@@H]2C1. The number of nitrogens with zero attached hydrogens (tertiary/aromatic N) is 4. The first-order valence-electron chi connectivity index (χ1n) is 6.56. The Morgan fingerprint density at radius 1 is 1.26 bits per heavy atom. The summed E-state index contributed by atoms with van der Waals surface area (Å²) in [5, 5.41) is 0. The van der Waals surface area contributed by atoms with Gasteiger partial charge in [0.25, 0.3) is 0 Å². The summed E-state index contributed by atoms with van der Waals surface area (Å²) in [7, 11) is 1.56. The number of fused-ring (bicyclic) bond motifs is 1. The predicted octanol–water partition coefficient (Wildman–Crippen LogP) is 0.0176. The second-order valence-electron chi connectivity index (χ2n) is 5.21. The third kappa shape index (κ3) is 2.40. The van der Waals surface area contributed by atoms with Gasteiger partial charge in [-0.3, -0.25) is 4.79 Å². The molecule has 2 aliphatic heterocycles. The highest BCUT2D eigenvalue weighted by Crippen LogP contribution is 2.32. The van der Waals surface area contributed by atoms with Crippen molar-refractivity contribution in [1.29, 1.82) is 0 Å². The van der Waals surface area contributed by atoms with E-state index in [1.807, 2.05) is 11.0 Å². The minimum Gasteiger partial charge on any atom is -0.375 e. The molecule has 1 amide bonds. The van der Waals surface area contributed by atoms with Crippen molar-refractivity contribution in [2.75, 3.05) is 44.8 Å². The van der Waals surface area contributed by atoms with E-state index in [4.69, 9.17) is 4.74 Å². The Kier molecular flexibility index (Phi) is 3.33. The third-order valence-corrected chi connectivity index (χ3v) is 3.94. The van der Waals surface area contributed by atoms with Gasteiger partial charge < -0.3 is 14.5 Å². The first-order chi connectivity index (χ1) is 9.28. The topological polar surface area (TPSA) is 58.6 Å². The van der Waals surface area contributed by atoms with Crippen LogP contribution in [0, 0.1) is 11.8 Å². The number of aromatic nitrogens is 2. The van der Waals surface area contributed by atoms with Crippen molar-refractivity contribution in [3.8, 4) is 0 Å². The average Bonchev–Trinajstić information content (AvgIpc) is 2.98. The van der Waals surface area contributed by atoms with E-state index in [1.54, 1.807) is 19.5 Å². The van der Waals surface area contributed by atoms with E-state index in [0.717, 1.165) is 32.1 Å². The second kappa shape index (κ2) is 5.13. The number of likely N-dealkylation sites (tertiary alicyclic amines) is 1. The maximum Gasteiger partial charge on any atom is 0.248 e. The summed E-state index contributed by atoms with van der Waals surface area (Å²) in [5.74, 6) is 1.96. The fourth-order valence-corrected chi connectivity index (χ4v) is 3.03. The third-order valence-electron chi connectivity index (χ3n) is 3.94. The molecule has 2 atom stereocenters. The van der Waals surface area contributed by atoms with E-state index in [0.29, 0.717) is 11.8 Å². The molecule has 0 aliphatic carbocycles. The lowest BCUT2D eigenvalue weighted by atomic mass is 10.0. The second-order valence-corrected chi connectivity index (χ2v) is 5.21. The number of hydrogen-bond donors (Lipinski definition) is 0. The first kappa shape index (κ1) is 12.3. The van der Waals surface area contributed by atoms with Gasteiger partial charge in [-0.2, -0.15) is 0 Å². The maximum absolute atomic E-state index is 11.8. The Morgan fingerprint density at radius 3 is 2.47 bits per heavy atom. The van der Waals surface area contributed by atoms with Crippen molar-refractivity contribution >= 4 is 11.9 Å². The molecule has 2 fully saturated rings. The van der Waals surface area contributed by atoms with Crippen LogP contribution in [0.4, 0.5) is 5.95 Å². The van der Waals surface area contributed by atoms with Crippen LogP contribution in [0.2, 0.25) is 0 Å². The van der Waals surface area contributed by atoms with E-state index in [9.17, 15) is 4.79 Å². The summed E-state index contributed by atoms with van der Waals surface area (Å²) in [6, 6.07) is 1.82. The van der Waals surface area contributed by atoms with Crippen molar-refractivity contribution in [1.82, 2.24) is 14.9 Å². The van der Waals surface area contributed by atoms with Gasteiger partial charge in [-0.15, -0.1) is 0 Å². The lowest BCUT2D eigenvalue weighted by Crippen LogP contribution is -2.35. The fourth-order valence-electron chi connectivity index (χ4n) is 3.03. The molecule has 2 aliphatic rings. The molecule has 0 bridgehead atoms. The van der Waals surface area contributed by atoms with Gasteiger partial charge in [0.2, 0.25) is 11.9 Å². The molecule has 0 unspecified atom stereocenters. The summed E-state index contributed by atoms with van der Waals surface area (Å²) in [6.07, 6.45) is 3.54. The zero-order valence-electron chi connectivity index (χ0n) is 11.0. The molecule has 1 aromatic rings. The number of amides is 1. The fraction of sp³-hybridized carbons (Fsp3) is 0.615. The summed E-state index contributed by atoms with van der Waals surface area (Å²) >= 11 is 0. The van der Waals surface area contributed by atoms with Gasteiger partial charge in [0, 0.05) is 57.5 Å². The predicted molar refractivity (Wildman–Crippen MR) is 69.7 cm³/mol. The quantitative estimate of drug-likeness (QED) is 0.768. The Morgan fingerprint density at radius 2 is 1.89 bits per heavy atom. The molecule has 3 rings (SSSR count). The number of carbonyl (C=O) groups excluding carboxylic acids is 1. The molecule has 0 aromatic carbocycles. The Bertz CT molecular complexity index is 439. The van der Waals surface area contributed by atoms with Crippen LogP contribution in [-0.2, 0) is 9.53 Å². The zero-order chi connectivity index (χ0) is 13.2. The molecule has 102 valence electrons. The van der Waals surface area contributed by atoms with E-state index < -0.39 is 0 Å². The number of hydrogen-bond acceptors (Lipinski definition) is 5.